The fourth-order valence-corrected chi connectivity index (χ4v) is 33.0. The molecule has 732 valence electrons. The SMILES string of the molecule is C=CCS(=O)(=O)c1sc2nc(-c3nnco3)nc(-c3ccn[nH]3)c2c1C#N.C=S1CCCc2c1sc1nc(-c3ccc(C)s3)cc(OCCOC)c21.CCCCCS(=O)c1nc2ccc(-c3cccs3)nc2s1.CCCS(=O)c1cc2c(CC(N)=O)nc(C)nc2s1.O=S(CC1CC1)c1cc2c(-c3ncccn3)nc(-c3nccs3)nc2s1.O=S(c1nc2c(-c3ccccc3)cc(-c3ncco3)nc2s1)C1CC1. The van der Waals surface area contributed by atoms with Crippen molar-refractivity contribution in [2.45, 2.75) is 129 Å². The van der Waals surface area contributed by atoms with Gasteiger partial charge in [-0.2, -0.15) is 20.8 Å². The molecule has 5 unspecified atom stereocenters. The summed E-state index contributed by atoms with van der Waals surface area (Å²) in [4.78, 5) is 86.6. The van der Waals surface area contributed by atoms with Crippen molar-refractivity contribution in [1.29, 1.82) is 5.26 Å². The molecule has 3 aliphatic rings. The normalized spacial score (nSPS) is 14.2. The molecule has 2 saturated carbocycles. The number of methoxy groups -OCH3 is 1. The highest BCUT2D eigenvalue weighted by atomic mass is 32.2. The number of pyridine rings is 3. The molecule has 2 aliphatic carbocycles. The van der Waals surface area contributed by atoms with Crippen molar-refractivity contribution in [2.75, 3.05) is 49.1 Å². The Labute approximate surface area is 868 Å². The van der Waals surface area contributed by atoms with Crippen LogP contribution in [0.3, 0.4) is 0 Å². The van der Waals surface area contributed by atoms with E-state index in [0.29, 0.717) is 101 Å². The number of aryl methyl sites for hydroxylation is 3. The Bertz CT molecular complexity index is 8240. The Hall–Kier alpha value is -11.6. The number of unbranched alkanes of at least 4 members (excludes halogenated alkanes) is 2. The number of nitrogens with zero attached hydrogens (tertiary/aromatic N) is 19. The number of oxazole rings is 1. The molecule has 0 spiro atoms. The van der Waals surface area contributed by atoms with Crippen LogP contribution in [0.15, 0.2) is 205 Å². The van der Waals surface area contributed by atoms with Gasteiger partial charge in [-0.15, -0.1) is 96.1 Å². The summed E-state index contributed by atoms with van der Waals surface area (Å²) in [7, 11) is -5.97. The smallest absolute Gasteiger partial charge is 0.285 e. The second-order valence-corrected chi connectivity index (χ2v) is 52.8. The molecule has 19 aromatic heterocycles. The minimum atomic E-state index is -3.73. The molecule has 0 bridgehead atoms. The van der Waals surface area contributed by atoms with Crippen molar-refractivity contribution in [2.24, 2.45) is 11.7 Å². The maximum atomic E-state index is 12.7. The lowest BCUT2D eigenvalue weighted by atomic mass is 10.1. The summed E-state index contributed by atoms with van der Waals surface area (Å²) in [5, 5.41) is 31.8. The number of rotatable bonds is 30. The Kier molecular flexibility index (Phi) is 33.1. The number of nitrogens with one attached hydrogen (secondary N) is 1. The topological polar surface area (TPSA) is 462 Å². The number of amides is 1. The molecule has 143 heavy (non-hydrogen) atoms. The second-order valence-electron chi connectivity index (χ2n) is 32.2. The van der Waals surface area contributed by atoms with E-state index in [1.165, 1.54) is 125 Å². The number of hydrogen-bond acceptors (Lipinski definition) is 39. The minimum absolute atomic E-state index is 0.0153. The molecule has 2 fully saturated rings. The number of carbonyl (C=O) groups is 1. The van der Waals surface area contributed by atoms with Crippen molar-refractivity contribution in [3.8, 4) is 101 Å². The van der Waals surface area contributed by atoms with Gasteiger partial charge >= 0.3 is 0 Å². The molecule has 0 radical (unpaired) electrons. The van der Waals surface area contributed by atoms with Crippen molar-refractivity contribution in [3.63, 3.8) is 0 Å². The second kappa shape index (κ2) is 46.6. The zero-order valence-corrected chi connectivity index (χ0v) is 89.3. The van der Waals surface area contributed by atoms with Gasteiger partial charge in [-0.25, -0.2) is 83.2 Å². The summed E-state index contributed by atoms with van der Waals surface area (Å²) < 4.78 is 101. The minimum Gasteiger partial charge on any atom is -0.490 e. The third kappa shape index (κ3) is 24.2. The van der Waals surface area contributed by atoms with E-state index in [0.717, 1.165) is 161 Å². The van der Waals surface area contributed by atoms with Crippen LogP contribution in [0.4, 0.5) is 0 Å². The molecular weight excluding hydrogens is 2100 g/mol. The summed E-state index contributed by atoms with van der Waals surface area (Å²) >= 11 is 13.3. The summed E-state index contributed by atoms with van der Waals surface area (Å²) in [6.45, 7) is 12.6. The Morgan fingerprint density at radius 1 is 0.650 bits per heavy atom. The van der Waals surface area contributed by atoms with Crippen molar-refractivity contribution < 1.29 is 48.4 Å². The number of primary amides is 1. The quantitative estimate of drug-likeness (QED) is 0.0240. The fourth-order valence-electron chi connectivity index (χ4n) is 14.7. The molecule has 1 aromatic carbocycles. The first-order chi connectivity index (χ1) is 69.6. The monoisotopic (exact) mass is 2190 g/mol. The molecule has 0 saturated heterocycles. The van der Waals surface area contributed by atoms with Crippen LogP contribution in [0.2, 0.25) is 0 Å². The van der Waals surface area contributed by atoms with Crippen LogP contribution >= 0.6 is 113 Å². The number of ether oxygens (including phenoxy) is 2. The van der Waals surface area contributed by atoms with E-state index in [2.05, 4.69) is 141 Å². The number of fused-ring (bicyclic) bond motifs is 8. The number of benzene rings is 1. The van der Waals surface area contributed by atoms with Gasteiger partial charge in [-0.05, 0) is 154 Å². The van der Waals surface area contributed by atoms with E-state index in [4.69, 9.17) is 29.0 Å². The summed E-state index contributed by atoms with van der Waals surface area (Å²) in [6.07, 6.45) is 23.1. The molecular formula is C96H87N21O11S15. The third-order valence-electron chi connectivity index (χ3n) is 21.7. The van der Waals surface area contributed by atoms with Crippen LogP contribution in [0.1, 0.15) is 99.2 Å². The fraction of sp³-hybridized carbons (Fsp3) is 0.260. The average molecular weight is 2190 g/mol. The third-order valence-corrected chi connectivity index (χ3v) is 42.8. The maximum absolute atomic E-state index is 12.7. The van der Waals surface area contributed by atoms with Crippen LogP contribution in [0, 0.1) is 31.1 Å². The predicted octanol–water partition coefficient (Wildman–Crippen LogP) is 21.7. The van der Waals surface area contributed by atoms with Gasteiger partial charge in [0.15, 0.2) is 35.2 Å². The van der Waals surface area contributed by atoms with Gasteiger partial charge in [0.1, 0.15) is 91.8 Å². The first-order valence-electron chi connectivity index (χ1n) is 44.8. The number of thiazole rings is 3. The van der Waals surface area contributed by atoms with E-state index in [1.54, 1.807) is 73.6 Å². The van der Waals surface area contributed by atoms with Crippen LogP contribution in [0.25, 0.3) is 151 Å². The number of H-pyrrole nitrogens is 1. The van der Waals surface area contributed by atoms with E-state index in [1.807, 2.05) is 102 Å². The van der Waals surface area contributed by atoms with Crippen LogP contribution in [-0.4, -0.2) is 187 Å². The lowest BCUT2D eigenvalue weighted by Crippen LogP contribution is -2.15. The van der Waals surface area contributed by atoms with Gasteiger partial charge in [0.2, 0.25) is 24.0 Å². The van der Waals surface area contributed by atoms with E-state index < -0.39 is 58.9 Å². The van der Waals surface area contributed by atoms with Gasteiger partial charge in [0.05, 0.1) is 130 Å². The number of aromatic nitrogens is 19. The molecule has 1 aliphatic heterocycles. The van der Waals surface area contributed by atoms with Gasteiger partial charge in [0, 0.05) is 87.1 Å². The summed E-state index contributed by atoms with van der Waals surface area (Å²) in [5.74, 6) is 10.8. The molecule has 3 N–H and O–H groups in total. The number of carbonyl (C=O) groups excluding carboxylic acids is 1. The van der Waals surface area contributed by atoms with E-state index >= 15 is 0 Å². The van der Waals surface area contributed by atoms with Crippen LogP contribution in [-0.2, 0) is 75.4 Å². The molecule has 20 aromatic rings. The lowest BCUT2D eigenvalue weighted by Gasteiger charge is -2.16. The zero-order chi connectivity index (χ0) is 99.4. The molecule has 5 atom stereocenters. The van der Waals surface area contributed by atoms with E-state index in [9.17, 15) is 35.3 Å². The highest BCUT2D eigenvalue weighted by molar-refractivity contribution is 8.15. The number of aromatic amines is 1. The standard InChI is InChI=1S/C19H21NO2S3.C18H13N3O2S2.C17H13N5OS3.C15H9N7O3S2.C15H16N2OS3.C12H15N3O2S2/c1-12-6-7-16(23-12)14-11-15(22-9-8-21-2)17-13-5-4-10-25(3)19(13)24-18(17)20-14;22-25(12-6-7-12)18-21-15-13(11-4-2-1-3-5-11)10-14(20-17(15)24-18)16-19-8-9-23-16;23-26(9-10-2-3-10)12-8-11-13(14-18-4-1-5-19-14)21-15(22-16(11)25-12)17-20-6-7-24-17;1-2-5-27(23,24)15-8(6-16)10-11(9-3-4-17-21-9)19-12(20-14(10)26-15)13-22-18-7-25-13;1-2-3-4-10-21(18)15-17-12-8-7-11(16-14(12)20-15)13-6-5-9-19-13;1-3-4-19(17)11-5-8-9(6-10(13)16)14-7(2)15-12(8)18-11/h6-7,11H,3-5,8-10H2,1-2H3;1-5,8-10,12H,6-7H2;1,4-8,10H,2-3,9H2;2-4,7H,1,5H2,(H,17,21);5-9H,2-4,10H2,1H3;5H,3-4,6H2,1-2H3,(H2,13,16). The first kappa shape index (κ1) is 101. The highest BCUT2D eigenvalue weighted by Crippen LogP contribution is 2.50. The predicted molar refractivity (Wildman–Crippen MR) is 576 cm³/mol. The number of hydrogen-bond donors (Lipinski definition) is 2. The molecule has 32 nitrogen and oxygen atoms in total. The lowest BCUT2D eigenvalue weighted by molar-refractivity contribution is -0.117. The largest absolute Gasteiger partial charge is 0.490 e. The van der Waals surface area contributed by atoms with Crippen molar-refractivity contribution >= 4 is 239 Å². The number of sulfone groups is 1. The van der Waals surface area contributed by atoms with E-state index in [-0.39, 0.29) is 49.4 Å². The zero-order valence-electron chi connectivity index (χ0n) is 77.1. The summed E-state index contributed by atoms with van der Waals surface area (Å²) in [6, 6.07) is 35.5. The van der Waals surface area contributed by atoms with Gasteiger partial charge in [-0.3, -0.25) is 26.7 Å². The van der Waals surface area contributed by atoms with Crippen molar-refractivity contribution in [1.82, 2.24) is 95.2 Å². The van der Waals surface area contributed by atoms with Gasteiger partial charge < -0.3 is 24.0 Å². The first-order valence-corrected chi connectivity index (χ1v) is 60.6. The van der Waals surface area contributed by atoms with Gasteiger partial charge in [0.25, 0.3) is 5.89 Å². The Morgan fingerprint density at radius 2 is 1.43 bits per heavy atom. The van der Waals surface area contributed by atoms with Crippen molar-refractivity contribution in [3.05, 3.63) is 198 Å². The molecule has 23 rings (SSSR count). The highest BCUT2D eigenvalue weighted by Gasteiger charge is 2.34. The van der Waals surface area contributed by atoms with Crippen LogP contribution in [0.5, 0.6) is 5.75 Å². The number of nitrogens with two attached hydrogens (primary N) is 1. The number of thiophene rings is 6. The van der Waals surface area contributed by atoms with Crippen LogP contribution < -0.4 is 10.5 Å². The number of nitriles is 1. The molecule has 1 amide bonds. The molecule has 47 heteroatoms. The maximum Gasteiger partial charge on any atom is 0.285 e. The Morgan fingerprint density at radius 3 is 2.13 bits per heavy atom. The average Bonchev–Trinajstić information content (AvgIpc) is 1.64. The molecule has 20 heterocycles. The summed E-state index contributed by atoms with van der Waals surface area (Å²) in [5.41, 5.74) is 15.0. The Balaban J connectivity index is 0.000000114. The van der Waals surface area contributed by atoms with Gasteiger partial charge in [-0.1, -0.05) is 97.7 Å².